The van der Waals surface area contributed by atoms with Crippen molar-refractivity contribution in [3.63, 3.8) is 0 Å². The van der Waals surface area contributed by atoms with Gasteiger partial charge in [-0.3, -0.25) is 0 Å². The number of likely N-dealkylation sites (tertiary alicyclic amines) is 1. The van der Waals surface area contributed by atoms with Crippen molar-refractivity contribution in [2.75, 3.05) is 19.6 Å². The average molecular weight is 354 g/mol. The number of aliphatic hydroxyl groups excluding tert-OH is 1. The summed E-state index contributed by atoms with van der Waals surface area (Å²) in [4.78, 5) is 2.52. The average Bonchev–Trinajstić information content (AvgIpc) is 2.54. The molecule has 0 saturated carbocycles. The van der Waals surface area contributed by atoms with Crippen LogP contribution in [-0.2, 0) is 0 Å². The van der Waals surface area contributed by atoms with Crippen LogP contribution in [0.4, 0.5) is 0 Å². The van der Waals surface area contributed by atoms with Crippen molar-refractivity contribution in [3.05, 3.63) is 34.3 Å². The third-order valence-electron chi connectivity index (χ3n) is 5.39. The molecule has 2 nitrogen and oxygen atoms in total. The third kappa shape index (κ3) is 4.54. The second-order valence-electron chi connectivity index (χ2n) is 6.40. The van der Waals surface area contributed by atoms with Gasteiger partial charge in [-0.2, -0.15) is 0 Å². The molecule has 1 atom stereocenters. The normalized spacial score (nSPS) is 20.4. The molecule has 1 saturated heterocycles. The van der Waals surface area contributed by atoms with Gasteiger partial charge in [-0.05, 0) is 55.5 Å². The van der Waals surface area contributed by atoms with Gasteiger partial charge in [0.2, 0.25) is 0 Å². The van der Waals surface area contributed by atoms with Crippen molar-refractivity contribution in [2.45, 2.75) is 52.1 Å². The Labute approximate surface area is 137 Å². The SMILES string of the molecule is CCC1(CC)CCN(CCC(O)c2ccc(Br)cc2)CC1. The van der Waals surface area contributed by atoms with E-state index in [-0.39, 0.29) is 6.10 Å². The minimum absolute atomic E-state index is 0.345. The van der Waals surface area contributed by atoms with Crippen LogP contribution in [0.25, 0.3) is 0 Å². The number of hydrogen-bond donors (Lipinski definition) is 1. The Hall–Kier alpha value is -0.380. The van der Waals surface area contributed by atoms with E-state index in [1.807, 2.05) is 24.3 Å². The molecule has 0 aromatic heterocycles. The van der Waals surface area contributed by atoms with Crippen LogP contribution in [0.1, 0.15) is 57.6 Å². The van der Waals surface area contributed by atoms with E-state index in [0.717, 1.165) is 23.0 Å². The molecule has 1 aliphatic rings. The van der Waals surface area contributed by atoms with Crippen LogP contribution in [0.2, 0.25) is 0 Å². The first kappa shape index (κ1) is 17.0. The molecule has 1 aromatic carbocycles. The van der Waals surface area contributed by atoms with E-state index in [4.69, 9.17) is 0 Å². The lowest BCUT2D eigenvalue weighted by Crippen LogP contribution is -2.40. The number of halogens is 1. The summed E-state index contributed by atoms with van der Waals surface area (Å²) in [6.45, 7) is 8.04. The number of rotatable bonds is 6. The standard InChI is InChI=1S/C18H28BrNO/c1-3-18(4-2)10-13-20(14-11-18)12-9-17(21)15-5-7-16(19)8-6-15/h5-8,17,21H,3-4,9-14H2,1-2H3. The minimum Gasteiger partial charge on any atom is -0.388 e. The summed E-state index contributed by atoms with van der Waals surface area (Å²) >= 11 is 3.43. The fourth-order valence-electron chi connectivity index (χ4n) is 3.36. The Morgan fingerprint density at radius 2 is 1.71 bits per heavy atom. The zero-order valence-corrected chi connectivity index (χ0v) is 14.9. The van der Waals surface area contributed by atoms with E-state index >= 15 is 0 Å². The van der Waals surface area contributed by atoms with Gasteiger partial charge in [0, 0.05) is 11.0 Å². The highest BCUT2D eigenvalue weighted by Crippen LogP contribution is 2.38. The Morgan fingerprint density at radius 3 is 2.24 bits per heavy atom. The molecule has 0 amide bonds. The van der Waals surface area contributed by atoms with E-state index in [2.05, 4.69) is 34.7 Å². The fourth-order valence-corrected chi connectivity index (χ4v) is 3.63. The fraction of sp³-hybridized carbons (Fsp3) is 0.667. The van der Waals surface area contributed by atoms with Crippen molar-refractivity contribution in [1.82, 2.24) is 4.90 Å². The Balaban J connectivity index is 1.78. The van der Waals surface area contributed by atoms with Crippen LogP contribution >= 0.6 is 15.9 Å². The number of benzene rings is 1. The van der Waals surface area contributed by atoms with Gasteiger partial charge in [0.05, 0.1) is 6.10 Å². The van der Waals surface area contributed by atoms with Crippen molar-refractivity contribution in [1.29, 1.82) is 0 Å². The van der Waals surface area contributed by atoms with Crippen molar-refractivity contribution >= 4 is 15.9 Å². The summed E-state index contributed by atoms with van der Waals surface area (Å²) in [5.41, 5.74) is 1.60. The molecule has 1 N–H and O–H groups in total. The summed E-state index contributed by atoms with van der Waals surface area (Å²) in [6, 6.07) is 8.00. The summed E-state index contributed by atoms with van der Waals surface area (Å²) in [5, 5.41) is 10.3. The van der Waals surface area contributed by atoms with Crippen LogP contribution in [-0.4, -0.2) is 29.6 Å². The summed E-state index contributed by atoms with van der Waals surface area (Å²) in [5.74, 6) is 0. The molecule has 2 rings (SSSR count). The molecule has 3 heteroatoms. The highest BCUT2D eigenvalue weighted by molar-refractivity contribution is 9.10. The van der Waals surface area contributed by atoms with Crippen LogP contribution in [0, 0.1) is 5.41 Å². The summed E-state index contributed by atoms with van der Waals surface area (Å²) in [6.07, 6.45) is 5.72. The summed E-state index contributed by atoms with van der Waals surface area (Å²) in [7, 11) is 0. The highest BCUT2D eigenvalue weighted by Gasteiger charge is 2.31. The maximum Gasteiger partial charge on any atom is 0.0802 e. The molecule has 0 spiro atoms. The topological polar surface area (TPSA) is 23.5 Å². The molecule has 1 aromatic rings. The van der Waals surface area contributed by atoms with Gasteiger partial charge in [0.1, 0.15) is 0 Å². The van der Waals surface area contributed by atoms with E-state index in [9.17, 15) is 5.11 Å². The first-order valence-corrected chi connectivity index (χ1v) is 9.04. The lowest BCUT2D eigenvalue weighted by Gasteiger charge is -2.41. The maximum absolute atomic E-state index is 10.3. The van der Waals surface area contributed by atoms with Gasteiger partial charge in [-0.15, -0.1) is 0 Å². The van der Waals surface area contributed by atoms with Crippen LogP contribution in [0.5, 0.6) is 0 Å². The second kappa shape index (κ2) is 7.75. The molecular weight excluding hydrogens is 326 g/mol. The number of piperidine rings is 1. The lowest BCUT2D eigenvalue weighted by atomic mass is 9.74. The minimum atomic E-state index is -0.345. The van der Waals surface area contributed by atoms with E-state index in [0.29, 0.717) is 5.41 Å². The molecule has 1 fully saturated rings. The monoisotopic (exact) mass is 353 g/mol. The third-order valence-corrected chi connectivity index (χ3v) is 5.92. The Bertz CT molecular complexity index is 417. The quantitative estimate of drug-likeness (QED) is 0.795. The van der Waals surface area contributed by atoms with Gasteiger partial charge in [-0.25, -0.2) is 0 Å². The van der Waals surface area contributed by atoms with Crippen molar-refractivity contribution in [3.8, 4) is 0 Å². The number of nitrogens with zero attached hydrogens (tertiary/aromatic N) is 1. The number of aliphatic hydroxyl groups is 1. The number of hydrogen-bond acceptors (Lipinski definition) is 2. The smallest absolute Gasteiger partial charge is 0.0802 e. The van der Waals surface area contributed by atoms with Gasteiger partial charge in [0.15, 0.2) is 0 Å². The first-order valence-electron chi connectivity index (χ1n) is 8.24. The zero-order valence-electron chi connectivity index (χ0n) is 13.3. The molecule has 1 unspecified atom stereocenters. The first-order chi connectivity index (χ1) is 10.1. The predicted molar refractivity (Wildman–Crippen MR) is 92.4 cm³/mol. The molecular formula is C18H28BrNO. The molecule has 0 radical (unpaired) electrons. The van der Waals surface area contributed by atoms with Gasteiger partial charge in [-0.1, -0.05) is 54.8 Å². The van der Waals surface area contributed by atoms with Gasteiger partial charge in [0.25, 0.3) is 0 Å². The van der Waals surface area contributed by atoms with Gasteiger partial charge >= 0.3 is 0 Å². The predicted octanol–water partition coefficient (Wildman–Crippen LogP) is 4.77. The zero-order chi connectivity index (χ0) is 15.3. The summed E-state index contributed by atoms with van der Waals surface area (Å²) < 4.78 is 1.06. The molecule has 118 valence electrons. The molecule has 1 aliphatic heterocycles. The van der Waals surface area contributed by atoms with E-state index in [1.54, 1.807) is 0 Å². The largest absolute Gasteiger partial charge is 0.388 e. The van der Waals surface area contributed by atoms with Gasteiger partial charge < -0.3 is 10.0 Å². The Morgan fingerprint density at radius 1 is 1.14 bits per heavy atom. The maximum atomic E-state index is 10.3. The molecule has 0 bridgehead atoms. The van der Waals surface area contributed by atoms with Crippen LogP contribution < -0.4 is 0 Å². The molecule has 1 heterocycles. The molecule has 21 heavy (non-hydrogen) atoms. The molecule has 0 aliphatic carbocycles. The van der Waals surface area contributed by atoms with E-state index < -0.39 is 0 Å². The Kier molecular flexibility index (Phi) is 6.27. The highest BCUT2D eigenvalue weighted by atomic mass is 79.9. The second-order valence-corrected chi connectivity index (χ2v) is 7.32. The van der Waals surface area contributed by atoms with Crippen molar-refractivity contribution in [2.24, 2.45) is 5.41 Å². The van der Waals surface area contributed by atoms with Crippen LogP contribution in [0.3, 0.4) is 0 Å². The van der Waals surface area contributed by atoms with Crippen molar-refractivity contribution < 1.29 is 5.11 Å². The lowest BCUT2D eigenvalue weighted by molar-refractivity contribution is 0.0781. The van der Waals surface area contributed by atoms with E-state index in [1.165, 1.54) is 38.8 Å². The van der Waals surface area contributed by atoms with Crippen LogP contribution in [0.15, 0.2) is 28.7 Å².